The molecule has 0 bridgehead atoms. The second-order valence-electron chi connectivity index (χ2n) is 6.17. The molecule has 0 heterocycles. The van der Waals surface area contributed by atoms with Gasteiger partial charge in [-0.2, -0.15) is 0 Å². The molecular weight excluding hydrogens is 380 g/mol. The molecule has 29 heavy (non-hydrogen) atoms. The first-order chi connectivity index (χ1) is 13.8. The van der Waals surface area contributed by atoms with Crippen molar-refractivity contribution in [2.24, 2.45) is 0 Å². The minimum Gasteiger partial charge on any atom is -0.497 e. The first kappa shape index (κ1) is 21.7. The number of carbonyl (C=O) groups is 2. The quantitative estimate of drug-likeness (QED) is 0.458. The van der Waals surface area contributed by atoms with Crippen molar-refractivity contribution in [3.05, 3.63) is 57.6 Å². The van der Waals surface area contributed by atoms with E-state index in [9.17, 15) is 19.7 Å². The van der Waals surface area contributed by atoms with E-state index in [4.69, 9.17) is 14.6 Å². The number of amides is 1. The van der Waals surface area contributed by atoms with Crippen LogP contribution in [0.3, 0.4) is 0 Å². The fourth-order valence-electron chi connectivity index (χ4n) is 2.59. The van der Waals surface area contributed by atoms with Gasteiger partial charge in [-0.1, -0.05) is 13.0 Å². The lowest BCUT2D eigenvalue weighted by atomic mass is 10.1. The van der Waals surface area contributed by atoms with E-state index in [0.29, 0.717) is 29.4 Å². The normalized spacial score (nSPS) is 10.3. The zero-order valence-electron chi connectivity index (χ0n) is 16.1. The van der Waals surface area contributed by atoms with Gasteiger partial charge in [0.2, 0.25) is 0 Å². The maximum absolute atomic E-state index is 12.8. The number of aliphatic carboxylic acids is 1. The van der Waals surface area contributed by atoms with Gasteiger partial charge in [0, 0.05) is 12.5 Å². The fourth-order valence-corrected chi connectivity index (χ4v) is 2.59. The van der Waals surface area contributed by atoms with Crippen molar-refractivity contribution in [3.8, 4) is 11.5 Å². The average molecular weight is 402 g/mol. The van der Waals surface area contributed by atoms with Gasteiger partial charge in [-0.25, -0.2) is 0 Å². The zero-order chi connectivity index (χ0) is 21.4. The number of nitro groups is 1. The Balaban J connectivity index is 2.37. The molecule has 0 aliphatic heterocycles. The predicted molar refractivity (Wildman–Crippen MR) is 106 cm³/mol. The Kier molecular flexibility index (Phi) is 7.53. The maximum atomic E-state index is 12.8. The molecule has 2 aromatic rings. The van der Waals surface area contributed by atoms with Crippen LogP contribution in [0.15, 0.2) is 36.4 Å². The molecule has 9 nitrogen and oxygen atoms in total. The standard InChI is InChI=1S/C20H22N2O7/c1-3-10-29-18-8-4-13(5-9-19(23)24)11-16(18)21-20(25)15-12-14(28-2)6-7-17(15)22(26)27/h4,6-8,11-12H,3,5,9-10H2,1-2H3,(H,21,25)(H,23,24). The lowest BCUT2D eigenvalue weighted by Crippen LogP contribution is -2.15. The fraction of sp³-hybridized carbons (Fsp3) is 0.300. The number of aryl methyl sites for hydroxylation is 1. The van der Waals surface area contributed by atoms with Crippen molar-refractivity contribution < 1.29 is 29.1 Å². The third-order valence-corrected chi connectivity index (χ3v) is 4.03. The molecule has 0 aromatic heterocycles. The highest BCUT2D eigenvalue weighted by atomic mass is 16.6. The molecule has 0 spiro atoms. The molecule has 0 saturated heterocycles. The van der Waals surface area contributed by atoms with Gasteiger partial charge in [0.25, 0.3) is 11.6 Å². The van der Waals surface area contributed by atoms with Crippen molar-refractivity contribution in [1.82, 2.24) is 0 Å². The molecule has 154 valence electrons. The molecule has 0 unspecified atom stereocenters. The van der Waals surface area contributed by atoms with Gasteiger partial charge >= 0.3 is 5.97 Å². The summed E-state index contributed by atoms with van der Waals surface area (Å²) in [5.74, 6) is -0.940. The van der Waals surface area contributed by atoms with Crippen molar-refractivity contribution >= 4 is 23.3 Å². The summed E-state index contributed by atoms with van der Waals surface area (Å²) >= 11 is 0. The van der Waals surface area contributed by atoms with E-state index in [0.717, 1.165) is 6.42 Å². The highest BCUT2D eigenvalue weighted by Gasteiger charge is 2.22. The van der Waals surface area contributed by atoms with Gasteiger partial charge in [0.15, 0.2) is 0 Å². The number of nitro benzene ring substituents is 1. The molecule has 0 aliphatic rings. The predicted octanol–water partition coefficient (Wildman–Crippen LogP) is 3.66. The third-order valence-electron chi connectivity index (χ3n) is 4.03. The number of ether oxygens (including phenoxy) is 2. The van der Waals surface area contributed by atoms with E-state index in [2.05, 4.69) is 5.32 Å². The van der Waals surface area contributed by atoms with Crippen LogP contribution < -0.4 is 14.8 Å². The van der Waals surface area contributed by atoms with Crippen LogP contribution in [0.4, 0.5) is 11.4 Å². The Bertz CT molecular complexity index is 912. The number of carboxylic acids is 1. The summed E-state index contributed by atoms with van der Waals surface area (Å²) in [7, 11) is 1.39. The molecule has 0 fully saturated rings. The van der Waals surface area contributed by atoms with Gasteiger partial charge in [-0.15, -0.1) is 0 Å². The number of hydrogen-bond donors (Lipinski definition) is 2. The summed E-state index contributed by atoms with van der Waals surface area (Å²) in [6.07, 6.45) is 0.949. The van der Waals surface area contributed by atoms with Crippen LogP contribution in [0.5, 0.6) is 11.5 Å². The Morgan fingerprint density at radius 3 is 2.59 bits per heavy atom. The van der Waals surface area contributed by atoms with Gasteiger partial charge in [-0.3, -0.25) is 19.7 Å². The van der Waals surface area contributed by atoms with Gasteiger partial charge in [0.05, 0.1) is 24.3 Å². The summed E-state index contributed by atoms with van der Waals surface area (Å²) in [5.41, 5.74) is 0.475. The lowest BCUT2D eigenvalue weighted by molar-refractivity contribution is -0.385. The Morgan fingerprint density at radius 2 is 1.97 bits per heavy atom. The highest BCUT2D eigenvalue weighted by Crippen LogP contribution is 2.30. The van der Waals surface area contributed by atoms with Crippen LogP contribution in [0, 0.1) is 10.1 Å². The summed E-state index contributed by atoms with van der Waals surface area (Å²) in [5, 5.41) is 22.8. The number of methoxy groups -OCH3 is 1. The minimum absolute atomic E-state index is 0.0656. The van der Waals surface area contributed by atoms with Gasteiger partial charge in [0.1, 0.15) is 17.1 Å². The highest BCUT2D eigenvalue weighted by molar-refractivity contribution is 6.08. The Morgan fingerprint density at radius 1 is 1.21 bits per heavy atom. The summed E-state index contributed by atoms with van der Waals surface area (Å²) in [6, 6.07) is 8.86. The van der Waals surface area contributed by atoms with E-state index in [1.54, 1.807) is 18.2 Å². The van der Waals surface area contributed by atoms with E-state index in [1.807, 2.05) is 6.92 Å². The number of carboxylic acid groups (broad SMARTS) is 1. The summed E-state index contributed by atoms with van der Waals surface area (Å²) in [6.45, 7) is 2.34. The smallest absolute Gasteiger partial charge is 0.303 e. The molecule has 2 N–H and O–H groups in total. The number of hydrogen-bond acceptors (Lipinski definition) is 6. The van der Waals surface area contributed by atoms with Gasteiger partial charge in [-0.05, 0) is 42.7 Å². The largest absolute Gasteiger partial charge is 0.497 e. The van der Waals surface area contributed by atoms with Crippen molar-refractivity contribution in [2.45, 2.75) is 26.2 Å². The Labute approximate surface area is 167 Å². The number of nitrogens with one attached hydrogen (secondary N) is 1. The number of carbonyl (C=O) groups excluding carboxylic acids is 1. The molecule has 0 saturated carbocycles. The third kappa shape index (κ3) is 5.93. The number of rotatable bonds is 10. The van der Waals surface area contributed by atoms with Crippen molar-refractivity contribution in [1.29, 1.82) is 0 Å². The molecule has 9 heteroatoms. The van der Waals surface area contributed by atoms with E-state index in [-0.39, 0.29) is 24.1 Å². The number of nitrogens with zero attached hydrogens (tertiary/aromatic N) is 1. The molecule has 0 radical (unpaired) electrons. The van der Waals surface area contributed by atoms with Gasteiger partial charge < -0.3 is 19.9 Å². The van der Waals surface area contributed by atoms with Crippen molar-refractivity contribution in [3.63, 3.8) is 0 Å². The van der Waals surface area contributed by atoms with E-state index in [1.165, 1.54) is 25.3 Å². The molecule has 2 aromatic carbocycles. The molecule has 2 rings (SSSR count). The minimum atomic E-state index is -0.936. The van der Waals surface area contributed by atoms with Crippen LogP contribution in [0.1, 0.15) is 35.7 Å². The molecule has 1 amide bonds. The molecule has 0 aliphatic carbocycles. The second kappa shape index (κ2) is 10.1. The molecular formula is C20H22N2O7. The van der Waals surface area contributed by atoms with Crippen LogP contribution in [-0.4, -0.2) is 35.6 Å². The average Bonchev–Trinajstić information content (AvgIpc) is 2.70. The van der Waals surface area contributed by atoms with Crippen LogP contribution in [0.25, 0.3) is 0 Å². The zero-order valence-corrected chi connectivity index (χ0v) is 16.1. The molecule has 0 atom stereocenters. The van der Waals surface area contributed by atoms with E-state index < -0.39 is 16.8 Å². The second-order valence-corrected chi connectivity index (χ2v) is 6.17. The number of anilines is 1. The summed E-state index contributed by atoms with van der Waals surface area (Å²) in [4.78, 5) is 34.3. The SMILES string of the molecule is CCCOc1ccc(CCC(=O)O)cc1NC(=O)c1cc(OC)ccc1[N+](=O)[O-]. The number of benzene rings is 2. The van der Waals surface area contributed by atoms with Crippen molar-refractivity contribution in [2.75, 3.05) is 19.0 Å². The first-order valence-electron chi connectivity index (χ1n) is 8.97. The van der Waals surface area contributed by atoms with Crippen LogP contribution >= 0.6 is 0 Å². The van der Waals surface area contributed by atoms with Crippen LogP contribution in [0.2, 0.25) is 0 Å². The monoisotopic (exact) mass is 402 g/mol. The topological polar surface area (TPSA) is 128 Å². The maximum Gasteiger partial charge on any atom is 0.303 e. The van der Waals surface area contributed by atoms with E-state index >= 15 is 0 Å². The van der Waals surface area contributed by atoms with Crippen LogP contribution in [-0.2, 0) is 11.2 Å². The first-order valence-corrected chi connectivity index (χ1v) is 8.97. The Hall–Kier alpha value is -3.62. The lowest BCUT2D eigenvalue weighted by Gasteiger charge is -2.14. The summed E-state index contributed by atoms with van der Waals surface area (Å²) < 4.78 is 10.7.